The molecule has 0 spiro atoms. The molecule has 0 atom stereocenters. The lowest BCUT2D eigenvalue weighted by atomic mass is 9.34. The SMILES string of the molecule is C/C=C\C(=C/C)c1nc2cc3c(oc4ccccc43)c3c2n1-c1cccc2c1B3c1c3oc4ccccc4c3cc3nc(-c4ccccc4)n-2c13. The van der Waals surface area contributed by atoms with E-state index in [2.05, 4.69) is 138 Å². The van der Waals surface area contributed by atoms with Crippen molar-refractivity contribution in [2.24, 2.45) is 0 Å². The van der Waals surface area contributed by atoms with Crippen LogP contribution in [0.3, 0.4) is 0 Å². The van der Waals surface area contributed by atoms with Gasteiger partial charge in [-0.1, -0.05) is 91.0 Å². The fraction of sp³-hybridized carbons (Fsp3) is 0.0455. The predicted octanol–water partition coefficient (Wildman–Crippen LogP) is 8.95. The first-order valence-corrected chi connectivity index (χ1v) is 17.4. The van der Waals surface area contributed by atoms with E-state index in [-0.39, 0.29) is 6.71 Å². The van der Waals surface area contributed by atoms with Crippen LogP contribution in [0.5, 0.6) is 0 Å². The van der Waals surface area contributed by atoms with Crippen LogP contribution in [0, 0.1) is 0 Å². The van der Waals surface area contributed by atoms with Crippen molar-refractivity contribution in [2.75, 3.05) is 0 Å². The lowest BCUT2D eigenvalue weighted by molar-refractivity contribution is 0.671. The van der Waals surface area contributed by atoms with Crippen LogP contribution < -0.4 is 16.4 Å². The van der Waals surface area contributed by atoms with Crippen LogP contribution >= 0.6 is 0 Å². The summed E-state index contributed by atoms with van der Waals surface area (Å²) in [6.45, 7) is 3.92. The molecule has 238 valence electrons. The molecule has 0 amide bonds. The Bertz CT molecular complexity index is 3230. The average molecular weight is 655 g/mol. The normalized spacial score (nSPS) is 13.7. The number of para-hydroxylation sites is 2. The molecule has 4 aromatic heterocycles. The zero-order valence-electron chi connectivity index (χ0n) is 27.8. The molecule has 0 unspecified atom stereocenters. The summed E-state index contributed by atoms with van der Waals surface area (Å²) in [5, 5.41) is 4.30. The third-order valence-electron chi connectivity index (χ3n) is 11.0. The standard InChI is InChI=1S/C44H27BN4O2/c1-3-13-24(4-2)43-46-30-22-28-26-16-8-10-20-34(26)50-41(28)37-39(30)48(43)32-18-12-19-33-36(32)45(37)38-40-31(47-44(49(33)40)25-14-6-5-7-15-25)23-29-27-17-9-11-21-35(27)51-42(29)38/h3-23H,1-2H3/b13-3-,24-4+. The molecule has 10 aromatic rings. The second kappa shape index (κ2) is 9.55. The van der Waals surface area contributed by atoms with Gasteiger partial charge in [0.1, 0.15) is 34.0 Å². The predicted molar refractivity (Wildman–Crippen MR) is 209 cm³/mol. The van der Waals surface area contributed by atoms with Crippen molar-refractivity contribution in [2.45, 2.75) is 13.8 Å². The summed E-state index contributed by atoms with van der Waals surface area (Å²) < 4.78 is 18.6. The Balaban J connectivity index is 1.35. The van der Waals surface area contributed by atoms with Crippen LogP contribution in [-0.4, -0.2) is 25.8 Å². The monoisotopic (exact) mass is 654 g/mol. The summed E-state index contributed by atoms with van der Waals surface area (Å²) in [5.41, 5.74) is 15.2. The van der Waals surface area contributed by atoms with Crippen LogP contribution in [0.4, 0.5) is 0 Å². The minimum absolute atomic E-state index is 0.213. The van der Waals surface area contributed by atoms with Gasteiger partial charge in [0.15, 0.2) is 0 Å². The van der Waals surface area contributed by atoms with Crippen molar-refractivity contribution in [3.05, 3.63) is 133 Å². The molecule has 0 fully saturated rings. The van der Waals surface area contributed by atoms with Gasteiger partial charge in [-0.15, -0.1) is 0 Å². The van der Waals surface area contributed by atoms with Gasteiger partial charge < -0.3 is 8.83 Å². The summed E-state index contributed by atoms with van der Waals surface area (Å²) >= 11 is 0. The van der Waals surface area contributed by atoms with Gasteiger partial charge in [-0.25, -0.2) is 9.97 Å². The van der Waals surface area contributed by atoms with Crippen molar-refractivity contribution in [3.63, 3.8) is 0 Å². The fourth-order valence-electron chi connectivity index (χ4n) is 9.02. The Kier molecular flexibility index (Phi) is 5.10. The maximum Gasteiger partial charge on any atom is 0.262 e. The van der Waals surface area contributed by atoms with E-state index in [1.54, 1.807) is 0 Å². The second-order valence-corrected chi connectivity index (χ2v) is 13.6. The minimum Gasteiger partial charge on any atom is -0.457 e. The van der Waals surface area contributed by atoms with Crippen molar-refractivity contribution in [3.8, 4) is 22.8 Å². The van der Waals surface area contributed by atoms with E-state index >= 15 is 0 Å². The first kappa shape index (κ1) is 27.3. The Morgan fingerprint density at radius 1 is 0.608 bits per heavy atom. The number of fused-ring (bicyclic) bond motifs is 12. The average Bonchev–Trinajstić information content (AvgIpc) is 3.95. The number of hydrogen-bond acceptors (Lipinski definition) is 4. The zero-order valence-corrected chi connectivity index (χ0v) is 27.8. The van der Waals surface area contributed by atoms with Crippen LogP contribution in [-0.2, 0) is 0 Å². The molecule has 0 saturated heterocycles. The number of hydrogen-bond donors (Lipinski definition) is 0. The van der Waals surface area contributed by atoms with Crippen LogP contribution in [0.25, 0.3) is 94.3 Å². The molecule has 0 bridgehead atoms. The number of benzene rings is 6. The highest BCUT2D eigenvalue weighted by molar-refractivity contribution is 7.02. The largest absolute Gasteiger partial charge is 0.457 e. The molecular weight excluding hydrogens is 627 g/mol. The minimum atomic E-state index is -0.213. The van der Waals surface area contributed by atoms with E-state index in [4.69, 9.17) is 18.8 Å². The molecule has 6 aromatic carbocycles. The summed E-state index contributed by atoms with van der Waals surface area (Å²) in [7, 11) is 0. The highest BCUT2D eigenvalue weighted by atomic mass is 16.3. The van der Waals surface area contributed by atoms with Gasteiger partial charge in [-0.2, -0.15) is 0 Å². The molecule has 0 aliphatic carbocycles. The summed E-state index contributed by atoms with van der Waals surface area (Å²) in [6, 6.07) is 38.3. The van der Waals surface area contributed by atoms with Crippen LogP contribution in [0.15, 0.2) is 136 Å². The van der Waals surface area contributed by atoms with Crippen LogP contribution in [0.1, 0.15) is 19.7 Å². The molecule has 6 nitrogen and oxygen atoms in total. The Morgan fingerprint density at radius 3 is 1.84 bits per heavy atom. The summed E-state index contributed by atoms with van der Waals surface area (Å²) in [5.74, 6) is 1.81. The number of furan rings is 2. The van der Waals surface area contributed by atoms with Gasteiger partial charge in [0, 0.05) is 44.1 Å². The van der Waals surface area contributed by atoms with Crippen molar-refractivity contribution >= 4 is 94.6 Å². The zero-order chi connectivity index (χ0) is 33.5. The maximum atomic E-state index is 6.93. The van der Waals surface area contributed by atoms with E-state index in [0.717, 1.165) is 111 Å². The van der Waals surface area contributed by atoms with Crippen LogP contribution in [0.2, 0.25) is 0 Å². The molecule has 2 aliphatic rings. The molecule has 12 rings (SSSR count). The number of rotatable bonds is 3. The topological polar surface area (TPSA) is 61.9 Å². The van der Waals surface area contributed by atoms with Gasteiger partial charge >= 0.3 is 0 Å². The van der Waals surface area contributed by atoms with E-state index in [1.807, 2.05) is 12.1 Å². The molecule has 0 saturated carbocycles. The molecule has 2 aliphatic heterocycles. The Hall–Kier alpha value is -6.60. The van der Waals surface area contributed by atoms with E-state index < -0.39 is 0 Å². The Morgan fingerprint density at radius 2 is 1.20 bits per heavy atom. The summed E-state index contributed by atoms with van der Waals surface area (Å²) in [6.07, 6.45) is 6.37. The number of allylic oxidation sites excluding steroid dienone is 4. The highest BCUT2D eigenvalue weighted by Crippen LogP contribution is 2.41. The van der Waals surface area contributed by atoms with Crippen molar-refractivity contribution in [1.29, 1.82) is 0 Å². The number of imidazole rings is 2. The van der Waals surface area contributed by atoms with Gasteiger partial charge in [0.25, 0.3) is 6.71 Å². The molecular formula is C44H27BN4O2. The van der Waals surface area contributed by atoms with Gasteiger partial charge in [0.05, 0.1) is 22.1 Å². The summed E-state index contributed by atoms with van der Waals surface area (Å²) in [4.78, 5) is 10.9. The van der Waals surface area contributed by atoms with Gasteiger partial charge in [0.2, 0.25) is 0 Å². The molecule has 51 heavy (non-hydrogen) atoms. The van der Waals surface area contributed by atoms with Crippen molar-refractivity contribution in [1.82, 2.24) is 19.1 Å². The molecule has 6 heterocycles. The third-order valence-corrected chi connectivity index (χ3v) is 11.0. The van der Waals surface area contributed by atoms with E-state index in [0.29, 0.717) is 0 Å². The first-order chi connectivity index (χ1) is 25.2. The highest BCUT2D eigenvalue weighted by Gasteiger charge is 2.45. The van der Waals surface area contributed by atoms with Gasteiger partial charge in [-0.05, 0) is 66.6 Å². The van der Waals surface area contributed by atoms with Gasteiger partial charge in [-0.3, -0.25) is 9.13 Å². The fourth-order valence-corrected chi connectivity index (χ4v) is 9.02. The molecule has 0 N–H and O–H groups in total. The lowest BCUT2D eigenvalue weighted by Gasteiger charge is -2.33. The number of aromatic nitrogens is 4. The Labute approximate surface area is 291 Å². The molecule has 0 radical (unpaired) electrons. The lowest BCUT2D eigenvalue weighted by Crippen LogP contribution is -2.59. The third kappa shape index (κ3) is 3.29. The quantitative estimate of drug-likeness (QED) is 0.141. The smallest absolute Gasteiger partial charge is 0.262 e. The van der Waals surface area contributed by atoms with E-state index in [1.165, 1.54) is 5.46 Å². The van der Waals surface area contributed by atoms with E-state index in [9.17, 15) is 0 Å². The second-order valence-electron chi connectivity index (χ2n) is 13.6. The maximum absolute atomic E-state index is 6.93. The van der Waals surface area contributed by atoms with Crippen molar-refractivity contribution < 1.29 is 8.83 Å². The molecule has 7 heteroatoms. The first-order valence-electron chi connectivity index (χ1n) is 17.4. The number of nitrogens with zero attached hydrogens (tertiary/aromatic N) is 4.